The predicted molar refractivity (Wildman–Crippen MR) is 99.5 cm³/mol. The number of benzene rings is 2. The molecule has 1 heterocycles. The number of thiazole rings is 1. The summed E-state index contributed by atoms with van der Waals surface area (Å²) < 4.78 is 16.4. The lowest BCUT2D eigenvalue weighted by Crippen LogP contribution is -2.07. The smallest absolute Gasteiger partial charge is 0.269 e. The molecular formula is C18H16N2O6S. The van der Waals surface area contributed by atoms with Gasteiger partial charge in [0.25, 0.3) is 5.69 Å². The Morgan fingerprint density at radius 3 is 2.67 bits per heavy atom. The number of fused-ring (bicyclic) bond motifs is 1. The molecule has 0 spiro atoms. The molecule has 0 saturated carbocycles. The zero-order valence-corrected chi connectivity index (χ0v) is 15.2. The number of carbonyl (C=O) groups excluding carboxylic acids is 1. The van der Waals surface area contributed by atoms with Gasteiger partial charge in [0.15, 0.2) is 11.8 Å². The van der Waals surface area contributed by atoms with Gasteiger partial charge in [-0.3, -0.25) is 14.9 Å². The second-order valence-corrected chi connectivity index (χ2v) is 6.48. The Morgan fingerprint density at radius 1 is 1.19 bits per heavy atom. The Morgan fingerprint density at radius 2 is 1.96 bits per heavy atom. The standard InChI is InChI=1S/C18H16N2O6S/c1-24-8-9-25-11-26-14-6-7-15-16(10-14)27-18(19-15)17(21)12-2-4-13(5-3-12)20(22)23/h2-7,10H,8-9,11H2,1H3. The minimum Gasteiger partial charge on any atom is -0.468 e. The molecule has 0 N–H and O–H groups in total. The Balaban J connectivity index is 1.72. The van der Waals surface area contributed by atoms with Crippen LogP contribution in [0.1, 0.15) is 15.4 Å². The van der Waals surface area contributed by atoms with Crippen LogP contribution in [0, 0.1) is 10.1 Å². The monoisotopic (exact) mass is 388 g/mol. The summed E-state index contributed by atoms with van der Waals surface area (Å²) >= 11 is 1.24. The lowest BCUT2D eigenvalue weighted by atomic mass is 10.1. The quantitative estimate of drug-likeness (QED) is 0.182. The average molecular weight is 388 g/mol. The fourth-order valence-corrected chi connectivity index (χ4v) is 3.22. The van der Waals surface area contributed by atoms with E-state index in [4.69, 9.17) is 14.2 Å². The van der Waals surface area contributed by atoms with Crippen molar-refractivity contribution in [2.24, 2.45) is 0 Å². The largest absolute Gasteiger partial charge is 0.468 e. The van der Waals surface area contributed by atoms with Crippen molar-refractivity contribution < 1.29 is 23.9 Å². The topological polar surface area (TPSA) is 101 Å². The van der Waals surface area contributed by atoms with Gasteiger partial charge in [-0.05, 0) is 30.3 Å². The van der Waals surface area contributed by atoms with E-state index in [0.29, 0.717) is 35.1 Å². The maximum Gasteiger partial charge on any atom is 0.269 e. The third-order valence-electron chi connectivity index (χ3n) is 3.64. The molecule has 2 aromatic carbocycles. The molecule has 1 aromatic heterocycles. The summed E-state index contributed by atoms with van der Waals surface area (Å²) in [5.41, 5.74) is 0.964. The van der Waals surface area contributed by atoms with E-state index in [1.165, 1.54) is 35.6 Å². The van der Waals surface area contributed by atoms with Crippen molar-refractivity contribution in [3.63, 3.8) is 0 Å². The number of rotatable bonds is 9. The number of non-ortho nitro benzene ring substituents is 1. The number of nitro benzene ring substituents is 1. The molecule has 0 aliphatic carbocycles. The third-order valence-corrected chi connectivity index (χ3v) is 4.65. The van der Waals surface area contributed by atoms with Gasteiger partial charge in [0.05, 0.1) is 28.4 Å². The highest BCUT2D eigenvalue weighted by Crippen LogP contribution is 2.28. The van der Waals surface area contributed by atoms with Crippen LogP contribution in [0.4, 0.5) is 5.69 Å². The summed E-state index contributed by atoms with van der Waals surface area (Å²) in [5.74, 6) is 0.328. The third kappa shape index (κ3) is 4.64. The molecule has 0 atom stereocenters. The molecule has 0 unspecified atom stereocenters. The second kappa shape index (κ2) is 8.67. The summed E-state index contributed by atoms with van der Waals surface area (Å²) in [6.45, 7) is 1.03. The summed E-state index contributed by atoms with van der Waals surface area (Å²) in [5, 5.41) is 11.0. The van der Waals surface area contributed by atoms with E-state index in [2.05, 4.69) is 4.98 Å². The Bertz CT molecular complexity index is 954. The molecule has 0 amide bonds. The van der Waals surface area contributed by atoms with Crippen LogP contribution in [0.2, 0.25) is 0 Å². The highest BCUT2D eigenvalue weighted by Gasteiger charge is 2.16. The molecular weight excluding hydrogens is 372 g/mol. The molecule has 0 saturated heterocycles. The number of ether oxygens (including phenoxy) is 3. The Labute approximate surface area is 158 Å². The van der Waals surface area contributed by atoms with Gasteiger partial charge < -0.3 is 14.2 Å². The van der Waals surface area contributed by atoms with E-state index in [1.54, 1.807) is 25.3 Å². The lowest BCUT2D eigenvalue weighted by Gasteiger charge is -2.06. The molecule has 9 heteroatoms. The first-order valence-electron chi connectivity index (χ1n) is 7.97. The van der Waals surface area contributed by atoms with Gasteiger partial charge in [-0.1, -0.05) is 0 Å². The zero-order chi connectivity index (χ0) is 19.2. The number of ketones is 1. The summed E-state index contributed by atoms with van der Waals surface area (Å²) in [7, 11) is 1.59. The van der Waals surface area contributed by atoms with Crippen LogP contribution >= 0.6 is 11.3 Å². The van der Waals surface area contributed by atoms with Crippen LogP contribution in [-0.4, -0.2) is 42.8 Å². The average Bonchev–Trinajstić information content (AvgIpc) is 3.10. The number of hydrogen-bond donors (Lipinski definition) is 0. The van der Waals surface area contributed by atoms with Gasteiger partial charge in [-0.15, -0.1) is 11.3 Å². The Kier molecular flexibility index (Phi) is 6.07. The van der Waals surface area contributed by atoms with E-state index >= 15 is 0 Å². The first-order valence-corrected chi connectivity index (χ1v) is 8.79. The fraction of sp³-hybridized carbons (Fsp3) is 0.222. The minimum atomic E-state index is -0.507. The highest BCUT2D eigenvalue weighted by atomic mass is 32.1. The number of nitro groups is 1. The van der Waals surface area contributed by atoms with Crippen molar-refractivity contribution in [3.05, 3.63) is 63.1 Å². The maximum absolute atomic E-state index is 12.6. The molecule has 3 aromatic rings. The van der Waals surface area contributed by atoms with E-state index in [1.807, 2.05) is 0 Å². The van der Waals surface area contributed by atoms with Crippen molar-refractivity contribution >= 4 is 33.0 Å². The van der Waals surface area contributed by atoms with Crippen LogP contribution < -0.4 is 4.74 Å². The van der Waals surface area contributed by atoms with Crippen molar-refractivity contribution in [3.8, 4) is 5.75 Å². The molecule has 27 heavy (non-hydrogen) atoms. The number of hydrogen-bond acceptors (Lipinski definition) is 8. The molecule has 140 valence electrons. The predicted octanol–water partition coefficient (Wildman–Crippen LogP) is 3.43. The number of nitrogens with zero attached hydrogens (tertiary/aromatic N) is 2. The van der Waals surface area contributed by atoms with Gasteiger partial charge in [-0.2, -0.15) is 0 Å². The van der Waals surface area contributed by atoms with Gasteiger partial charge in [0.1, 0.15) is 5.75 Å². The van der Waals surface area contributed by atoms with Crippen molar-refractivity contribution in [2.45, 2.75) is 0 Å². The molecule has 0 radical (unpaired) electrons. The fourth-order valence-electron chi connectivity index (χ4n) is 2.26. The number of aromatic nitrogens is 1. The van der Waals surface area contributed by atoms with Crippen molar-refractivity contribution in [1.82, 2.24) is 4.98 Å². The lowest BCUT2D eigenvalue weighted by molar-refractivity contribution is -0.384. The summed E-state index contributed by atoms with van der Waals surface area (Å²) in [4.78, 5) is 27.1. The molecule has 0 bridgehead atoms. The maximum atomic E-state index is 12.6. The normalized spacial score (nSPS) is 10.9. The van der Waals surface area contributed by atoms with E-state index in [0.717, 1.165) is 4.70 Å². The SMILES string of the molecule is COCCOCOc1ccc2nc(C(=O)c3ccc([N+](=O)[O-])cc3)sc2c1. The molecule has 0 aliphatic rings. The van der Waals surface area contributed by atoms with Gasteiger partial charge >= 0.3 is 0 Å². The summed E-state index contributed by atoms with van der Waals surface area (Å²) in [6.07, 6.45) is 0. The van der Waals surface area contributed by atoms with Crippen molar-refractivity contribution in [2.75, 3.05) is 27.1 Å². The minimum absolute atomic E-state index is 0.0645. The molecule has 8 nitrogen and oxygen atoms in total. The van der Waals surface area contributed by atoms with Crippen LogP contribution in [0.3, 0.4) is 0 Å². The van der Waals surface area contributed by atoms with Gasteiger partial charge in [-0.25, -0.2) is 4.98 Å². The number of methoxy groups -OCH3 is 1. The van der Waals surface area contributed by atoms with E-state index in [9.17, 15) is 14.9 Å². The Hall–Kier alpha value is -2.88. The van der Waals surface area contributed by atoms with Gasteiger partial charge in [0.2, 0.25) is 5.78 Å². The number of carbonyl (C=O) groups is 1. The van der Waals surface area contributed by atoms with Crippen LogP contribution in [0.5, 0.6) is 5.75 Å². The molecule has 0 fully saturated rings. The van der Waals surface area contributed by atoms with E-state index in [-0.39, 0.29) is 18.3 Å². The van der Waals surface area contributed by atoms with Crippen LogP contribution in [0.25, 0.3) is 10.2 Å². The van der Waals surface area contributed by atoms with Gasteiger partial charge in [0, 0.05) is 24.8 Å². The highest BCUT2D eigenvalue weighted by molar-refractivity contribution is 7.20. The van der Waals surface area contributed by atoms with E-state index < -0.39 is 4.92 Å². The zero-order valence-electron chi connectivity index (χ0n) is 14.4. The molecule has 3 rings (SSSR count). The summed E-state index contributed by atoms with van der Waals surface area (Å²) in [6, 6.07) is 10.8. The van der Waals surface area contributed by atoms with Crippen LogP contribution in [-0.2, 0) is 9.47 Å². The molecule has 0 aliphatic heterocycles. The van der Waals surface area contributed by atoms with Crippen molar-refractivity contribution in [1.29, 1.82) is 0 Å². The van der Waals surface area contributed by atoms with Crippen LogP contribution in [0.15, 0.2) is 42.5 Å². The first-order chi connectivity index (χ1) is 13.1. The second-order valence-electron chi connectivity index (χ2n) is 5.44. The first kappa shape index (κ1) is 18.9.